The molecule has 4 heteroatoms. The molecule has 3 rings (SSSR count). The van der Waals surface area contributed by atoms with E-state index in [0.717, 1.165) is 27.8 Å². The quantitative estimate of drug-likeness (QED) is 0.437. The number of benzene rings is 3. The third kappa shape index (κ3) is 4.75. The van der Waals surface area contributed by atoms with Crippen LogP contribution in [0.1, 0.15) is 52.7 Å². The van der Waals surface area contributed by atoms with Gasteiger partial charge in [-0.25, -0.2) is 0 Å². The van der Waals surface area contributed by atoms with Gasteiger partial charge in [0.1, 0.15) is 5.75 Å². The number of hydrogen-bond donors (Lipinski definition) is 2. The Balaban J connectivity index is 2.55. The highest BCUT2D eigenvalue weighted by Gasteiger charge is 2.33. The molecule has 158 valence electrons. The molecule has 0 heterocycles. The second-order valence-corrected chi connectivity index (χ2v) is 10.3. The predicted molar refractivity (Wildman–Crippen MR) is 127 cm³/mol. The summed E-state index contributed by atoms with van der Waals surface area (Å²) in [6.07, 6.45) is 0. The Hall–Kier alpha value is -2.19. The van der Waals surface area contributed by atoms with Crippen LogP contribution in [0.4, 0.5) is 0 Å². The Kier molecular flexibility index (Phi) is 6.38. The molecular weight excluding hydrogens is 391 g/mol. The van der Waals surface area contributed by atoms with Crippen molar-refractivity contribution in [3.63, 3.8) is 0 Å². The highest BCUT2D eigenvalue weighted by atomic mass is 31.2. The summed E-state index contributed by atoms with van der Waals surface area (Å²) >= 11 is 0. The average molecular weight is 423 g/mol. The van der Waals surface area contributed by atoms with Crippen LogP contribution in [0.25, 0.3) is 22.3 Å². The largest absolute Gasteiger partial charge is 0.427 e. The van der Waals surface area contributed by atoms with Gasteiger partial charge in [0, 0.05) is 5.56 Å². The fourth-order valence-corrected chi connectivity index (χ4v) is 4.40. The van der Waals surface area contributed by atoms with Crippen LogP contribution in [-0.4, -0.2) is 9.79 Å². The first kappa shape index (κ1) is 22.5. The summed E-state index contributed by atoms with van der Waals surface area (Å²) in [5, 5.41) is 0. The van der Waals surface area contributed by atoms with Crippen molar-refractivity contribution in [3.05, 3.63) is 77.9 Å². The minimum atomic E-state index is -2.54. The highest BCUT2D eigenvalue weighted by molar-refractivity contribution is 7.39. The van der Waals surface area contributed by atoms with Crippen LogP contribution in [0.3, 0.4) is 0 Å². The third-order valence-corrected chi connectivity index (χ3v) is 5.48. The fourth-order valence-electron chi connectivity index (χ4n) is 4.08. The molecule has 0 radical (unpaired) electrons. The van der Waals surface area contributed by atoms with Crippen molar-refractivity contribution in [2.75, 3.05) is 0 Å². The van der Waals surface area contributed by atoms with Crippen LogP contribution in [0, 0.1) is 0 Å². The normalized spacial score (nSPS) is 12.3. The molecule has 0 aliphatic heterocycles. The molecule has 0 amide bonds. The summed E-state index contributed by atoms with van der Waals surface area (Å²) in [4.78, 5) is 19.5. The standard InChI is InChI=1S/C26H31O3P/c1-25(2,3)23-20(18-13-9-7-10-14-18)17-21(29-30(27)28)24(26(4,5)6)22(23)19-15-11-8-12-16-19/h7-17,27-28H,1-6H3. The van der Waals surface area contributed by atoms with E-state index in [1.54, 1.807) is 0 Å². The van der Waals surface area contributed by atoms with Gasteiger partial charge >= 0.3 is 8.60 Å². The van der Waals surface area contributed by atoms with Crippen LogP contribution in [0.2, 0.25) is 0 Å². The van der Waals surface area contributed by atoms with Crippen molar-refractivity contribution in [3.8, 4) is 28.0 Å². The van der Waals surface area contributed by atoms with Gasteiger partial charge in [-0.2, -0.15) is 0 Å². The number of rotatable bonds is 4. The van der Waals surface area contributed by atoms with E-state index in [1.165, 1.54) is 5.56 Å². The molecule has 2 N–H and O–H groups in total. The fraction of sp³-hybridized carbons (Fsp3) is 0.308. The van der Waals surface area contributed by atoms with E-state index < -0.39 is 8.60 Å². The minimum absolute atomic E-state index is 0.155. The summed E-state index contributed by atoms with van der Waals surface area (Å²) in [5.41, 5.74) is 6.08. The maximum Gasteiger partial charge on any atom is 0.391 e. The van der Waals surface area contributed by atoms with Crippen LogP contribution in [0.15, 0.2) is 66.7 Å². The van der Waals surface area contributed by atoms with Crippen LogP contribution < -0.4 is 4.52 Å². The molecule has 3 nitrogen and oxygen atoms in total. The van der Waals surface area contributed by atoms with Gasteiger partial charge in [0.2, 0.25) is 0 Å². The van der Waals surface area contributed by atoms with Gasteiger partial charge in [-0.1, -0.05) is 102 Å². The van der Waals surface area contributed by atoms with E-state index in [1.807, 2.05) is 42.5 Å². The van der Waals surface area contributed by atoms with Gasteiger partial charge in [-0.3, -0.25) is 0 Å². The Bertz CT molecular complexity index is 998. The molecule has 0 aliphatic carbocycles. The lowest BCUT2D eigenvalue weighted by molar-refractivity contribution is 0.370. The van der Waals surface area contributed by atoms with E-state index in [0.29, 0.717) is 5.75 Å². The molecule has 0 unspecified atom stereocenters. The second-order valence-electron chi connectivity index (χ2n) is 9.62. The molecule has 0 saturated heterocycles. The van der Waals surface area contributed by atoms with Crippen molar-refractivity contribution in [2.24, 2.45) is 0 Å². The molecule has 0 aliphatic rings. The predicted octanol–water partition coefficient (Wildman–Crippen LogP) is 7.21. The first-order valence-electron chi connectivity index (χ1n) is 10.2. The van der Waals surface area contributed by atoms with E-state index in [-0.39, 0.29) is 10.8 Å². The van der Waals surface area contributed by atoms with Crippen LogP contribution in [0.5, 0.6) is 5.75 Å². The van der Waals surface area contributed by atoms with Crippen molar-refractivity contribution in [2.45, 2.75) is 52.4 Å². The first-order chi connectivity index (χ1) is 14.0. The van der Waals surface area contributed by atoms with Gasteiger partial charge in [0.05, 0.1) is 0 Å². The van der Waals surface area contributed by atoms with E-state index in [2.05, 4.69) is 65.8 Å². The van der Waals surface area contributed by atoms with E-state index in [9.17, 15) is 9.79 Å². The molecular formula is C26H31O3P. The van der Waals surface area contributed by atoms with Gasteiger partial charge in [0.15, 0.2) is 0 Å². The maximum absolute atomic E-state index is 9.75. The lowest BCUT2D eigenvalue weighted by Gasteiger charge is -2.34. The van der Waals surface area contributed by atoms with Crippen molar-refractivity contribution in [1.82, 2.24) is 0 Å². The Morgan fingerprint density at radius 1 is 0.667 bits per heavy atom. The molecule has 0 bridgehead atoms. The third-order valence-electron chi connectivity index (χ3n) is 5.12. The summed E-state index contributed by atoms with van der Waals surface area (Å²) in [5.74, 6) is 0.518. The lowest BCUT2D eigenvalue weighted by atomic mass is 9.71. The van der Waals surface area contributed by atoms with Crippen molar-refractivity contribution >= 4 is 8.60 Å². The Morgan fingerprint density at radius 3 is 1.57 bits per heavy atom. The lowest BCUT2D eigenvalue weighted by Crippen LogP contribution is -2.21. The van der Waals surface area contributed by atoms with Crippen LogP contribution in [-0.2, 0) is 10.8 Å². The van der Waals surface area contributed by atoms with E-state index >= 15 is 0 Å². The topological polar surface area (TPSA) is 49.7 Å². The molecule has 0 aromatic heterocycles. The number of hydrogen-bond acceptors (Lipinski definition) is 3. The summed E-state index contributed by atoms with van der Waals surface area (Å²) in [6.45, 7) is 13.1. The zero-order valence-corrected chi connectivity index (χ0v) is 19.5. The molecule has 30 heavy (non-hydrogen) atoms. The van der Waals surface area contributed by atoms with Crippen LogP contribution >= 0.6 is 8.60 Å². The smallest absolute Gasteiger partial charge is 0.391 e. The average Bonchev–Trinajstić information content (AvgIpc) is 2.66. The monoisotopic (exact) mass is 422 g/mol. The first-order valence-corrected chi connectivity index (χ1v) is 11.4. The van der Waals surface area contributed by atoms with Crippen molar-refractivity contribution < 1.29 is 14.3 Å². The molecule has 3 aromatic rings. The molecule has 0 saturated carbocycles. The Labute approximate surface area is 181 Å². The van der Waals surface area contributed by atoms with Gasteiger partial charge in [-0.15, -0.1) is 0 Å². The molecule has 0 atom stereocenters. The Morgan fingerprint density at radius 2 is 1.13 bits per heavy atom. The van der Waals surface area contributed by atoms with Gasteiger partial charge in [-0.05, 0) is 44.7 Å². The summed E-state index contributed by atoms with van der Waals surface area (Å²) < 4.78 is 5.64. The summed E-state index contributed by atoms with van der Waals surface area (Å²) in [7, 11) is -2.54. The second kappa shape index (κ2) is 8.51. The zero-order valence-electron chi connectivity index (χ0n) is 18.6. The van der Waals surface area contributed by atoms with Gasteiger partial charge < -0.3 is 14.3 Å². The maximum atomic E-state index is 9.75. The van der Waals surface area contributed by atoms with E-state index in [4.69, 9.17) is 4.52 Å². The molecule has 0 spiro atoms. The summed E-state index contributed by atoms with van der Waals surface area (Å²) in [6, 6.07) is 22.5. The SMILES string of the molecule is CC(C)(C)c1c(OP(O)O)cc(-c2ccccc2)c(C(C)(C)C)c1-c1ccccc1. The minimum Gasteiger partial charge on any atom is -0.427 e. The van der Waals surface area contributed by atoms with Crippen molar-refractivity contribution in [1.29, 1.82) is 0 Å². The molecule has 0 fully saturated rings. The molecule has 3 aromatic carbocycles. The highest BCUT2D eigenvalue weighted by Crippen LogP contribution is 2.51. The zero-order chi connectivity index (χ0) is 22.1. The van der Waals surface area contributed by atoms with Gasteiger partial charge in [0.25, 0.3) is 0 Å².